The minimum atomic E-state index is -1.25. The molecule has 0 heterocycles. The third-order valence-electron chi connectivity index (χ3n) is 4.29. The molecule has 2 aromatic rings. The number of carboxylic acid groups (broad SMARTS) is 1. The lowest BCUT2D eigenvalue weighted by molar-refractivity contribution is -0.139. The molecule has 0 fully saturated rings. The molecule has 0 bridgehead atoms. The molecule has 0 atom stereocenters. The monoisotopic (exact) mass is 432 g/mol. The SMILES string of the molecule is COc1cc(CO)cc(-c2cc(COC(=O)/C=C/C(=O)O)cc(OC)c2OC)c1OC. The van der Waals surface area contributed by atoms with Crippen molar-refractivity contribution >= 4 is 11.9 Å². The van der Waals surface area contributed by atoms with Gasteiger partial charge in [-0.05, 0) is 35.4 Å². The molecular weight excluding hydrogens is 408 g/mol. The van der Waals surface area contributed by atoms with Crippen LogP contribution >= 0.6 is 0 Å². The van der Waals surface area contributed by atoms with Crippen molar-refractivity contribution in [2.24, 2.45) is 0 Å². The third-order valence-corrected chi connectivity index (χ3v) is 4.29. The summed E-state index contributed by atoms with van der Waals surface area (Å²) < 4.78 is 27.0. The molecule has 0 aliphatic rings. The average molecular weight is 432 g/mol. The van der Waals surface area contributed by atoms with Crippen molar-refractivity contribution in [3.63, 3.8) is 0 Å². The normalized spacial score (nSPS) is 10.6. The summed E-state index contributed by atoms with van der Waals surface area (Å²) in [6, 6.07) is 6.74. The minimum Gasteiger partial charge on any atom is -0.493 e. The van der Waals surface area contributed by atoms with Crippen molar-refractivity contribution < 1.29 is 43.5 Å². The van der Waals surface area contributed by atoms with Gasteiger partial charge in [0.2, 0.25) is 0 Å². The maximum Gasteiger partial charge on any atom is 0.331 e. The van der Waals surface area contributed by atoms with E-state index in [9.17, 15) is 14.7 Å². The topological polar surface area (TPSA) is 121 Å². The van der Waals surface area contributed by atoms with Crippen LogP contribution in [0.1, 0.15) is 11.1 Å². The molecule has 0 saturated heterocycles. The molecule has 0 spiro atoms. The first-order valence-electron chi connectivity index (χ1n) is 9.07. The first-order valence-corrected chi connectivity index (χ1v) is 9.07. The molecule has 2 aromatic carbocycles. The summed E-state index contributed by atoms with van der Waals surface area (Å²) in [4.78, 5) is 22.3. The predicted molar refractivity (Wildman–Crippen MR) is 111 cm³/mol. The zero-order valence-electron chi connectivity index (χ0n) is 17.6. The van der Waals surface area contributed by atoms with Crippen molar-refractivity contribution in [1.82, 2.24) is 0 Å². The molecule has 0 aliphatic heterocycles. The van der Waals surface area contributed by atoms with E-state index in [1.54, 1.807) is 24.3 Å². The van der Waals surface area contributed by atoms with Gasteiger partial charge < -0.3 is 33.9 Å². The van der Waals surface area contributed by atoms with Gasteiger partial charge in [0.1, 0.15) is 6.61 Å². The van der Waals surface area contributed by atoms with Gasteiger partial charge in [-0.3, -0.25) is 0 Å². The van der Waals surface area contributed by atoms with Crippen LogP contribution in [0.3, 0.4) is 0 Å². The first kappa shape index (κ1) is 23.6. The molecule has 0 unspecified atom stereocenters. The molecule has 0 saturated carbocycles. The van der Waals surface area contributed by atoms with Crippen LogP contribution in [0, 0.1) is 0 Å². The molecule has 166 valence electrons. The highest BCUT2D eigenvalue weighted by Crippen LogP contribution is 2.46. The maximum atomic E-state index is 11.7. The van der Waals surface area contributed by atoms with E-state index in [0.29, 0.717) is 51.3 Å². The number of aliphatic hydroxyl groups excluding tert-OH is 1. The van der Waals surface area contributed by atoms with E-state index in [-0.39, 0.29) is 13.2 Å². The predicted octanol–water partition coefficient (Wildman–Crippen LogP) is 2.56. The van der Waals surface area contributed by atoms with E-state index in [2.05, 4.69) is 0 Å². The Bertz CT molecular complexity index is 979. The zero-order valence-corrected chi connectivity index (χ0v) is 17.6. The van der Waals surface area contributed by atoms with Crippen LogP contribution in [-0.4, -0.2) is 50.6 Å². The van der Waals surface area contributed by atoms with Gasteiger partial charge in [0.15, 0.2) is 23.0 Å². The second kappa shape index (κ2) is 10.9. The van der Waals surface area contributed by atoms with Crippen molar-refractivity contribution in [2.45, 2.75) is 13.2 Å². The number of carbonyl (C=O) groups is 2. The summed E-state index contributed by atoms with van der Waals surface area (Å²) in [5.74, 6) is -0.448. The molecule has 2 rings (SSSR count). The van der Waals surface area contributed by atoms with Crippen molar-refractivity contribution in [2.75, 3.05) is 28.4 Å². The van der Waals surface area contributed by atoms with Gasteiger partial charge in [-0.25, -0.2) is 9.59 Å². The summed E-state index contributed by atoms with van der Waals surface area (Å²) in [7, 11) is 5.93. The summed E-state index contributed by atoms with van der Waals surface area (Å²) in [5, 5.41) is 18.3. The highest BCUT2D eigenvalue weighted by Gasteiger charge is 2.21. The quantitative estimate of drug-likeness (QED) is 0.431. The third kappa shape index (κ3) is 5.67. The highest BCUT2D eigenvalue weighted by molar-refractivity contribution is 5.90. The van der Waals surface area contributed by atoms with Gasteiger partial charge in [0.05, 0.1) is 35.0 Å². The zero-order chi connectivity index (χ0) is 23.0. The Balaban J connectivity index is 2.58. The van der Waals surface area contributed by atoms with Crippen LogP contribution < -0.4 is 18.9 Å². The number of hydrogen-bond donors (Lipinski definition) is 2. The number of aliphatic hydroxyl groups is 1. The van der Waals surface area contributed by atoms with E-state index in [4.69, 9.17) is 28.8 Å². The lowest BCUT2D eigenvalue weighted by Crippen LogP contribution is -2.04. The maximum absolute atomic E-state index is 11.7. The Morgan fingerprint density at radius 3 is 1.77 bits per heavy atom. The van der Waals surface area contributed by atoms with Crippen LogP contribution in [0.5, 0.6) is 23.0 Å². The Kier molecular flexibility index (Phi) is 8.27. The second-order valence-electron chi connectivity index (χ2n) is 6.20. The largest absolute Gasteiger partial charge is 0.493 e. The highest BCUT2D eigenvalue weighted by atomic mass is 16.5. The average Bonchev–Trinajstić information content (AvgIpc) is 2.79. The van der Waals surface area contributed by atoms with Crippen molar-refractivity contribution in [3.8, 4) is 34.1 Å². The van der Waals surface area contributed by atoms with E-state index in [1.165, 1.54) is 28.4 Å². The summed E-state index contributed by atoms with van der Waals surface area (Å²) in [5.41, 5.74) is 2.27. The minimum absolute atomic E-state index is 0.144. The van der Waals surface area contributed by atoms with Crippen LogP contribution in [-0.2, 0) is 27.5 Å². The number of rotatable bonds is 10. The molecular formula is C22H24O9. The lowest BCUT2D eigenvalue weighted by atomic mass is 9.97. The number of carboxylic acids is 1. The molecule has 0 aliphatic carbocycles. The molecule has 0 radical (unpaired) electrons. The first-order chi connectivity index (χ1) is 14.9. The molecule has 0 amide bonds. The Morgan fingerprint density at radius 1 is 0.806 bits per heavy atom. The number of aliphatic carboxylic acids is 1. The number of methoxy groups -OCH3 is 4. The van der Waals surface area contributed by atoms with Gasteiger partial charge in [0, 0.05) is 23.3 Å². The van der Waals surface area contributed by atoms with Crippen LogP contribution in [0.2, 0.25) is 0 Å². The molecule has 9 nitrogen and oxygen atoms in total. The van der Waals surface area contributed by atoms with Crippen molar-refractivity contribution in [3.05, 3.63) is 47.5 Å². The lowest BCUT2D eigenvalue weighted by Gasteiger charge is -2.19. The summed E-state index contributed by atoms with van der Waals surface area (Å²) in [6.07, 6.45) is 1.52. The number of esters is 1. The molecule has 31 heavy (non-hydrogen) atoms. The Morgan fingerprint density at radius 2 is 1.32 bits per heavy atom. The van der Waals surface area contributed by atoms with Gasteiger partial charge in [-0.1, -0.05) is 0 Å². The fourth-order valence-corrected chi connectivity index (χ4v) is 2.96. The Labute approximate surface area is 179 Å². The molecule has 2 N–H and O–H groups in total. The second-order valence-corrected chi connectivity index (χ2v) is 6.20. The number of carbonyl (C=O) groups excluding carboxylic acids is 1. The van der Waals surface area contributed by atoms with Crippen molar-refractivity contribution in [1.29, 1.82) is 0 Å². The summed E-state index contributed by atoms with van der Waals surface area (Å²) >= 11 is 0. The van der Waals surface area contributed by atoms with Crippen LogP contribution in [0.25, 0.3) is 11.1 Å². The summed E-state index contributed by atoms with van der Waals surface area (Å²) in [6.45, 7) is -0.366. The van der Waals surface area contributed by atoms with E-state index in [0.717, 1.165) is 6.08 Å². The molecule has 0 aromatic heterocycles. The standard InChI is InChI=1S/C22H24O9/c1-27-17-9-13(11-23)7-15(21(17)29-3)16-8-14(10-18(28-2)22(16)30-4)12-31-20(26)6-5-19(24)25/h5-10,23H,11-12H2,1-4H3,(H,24,25)/b6-5+. The van der Waals surface area contributed by atoms with E-state index in [1.807, 2.05) is 0 Å². The fourth-order valence-electron chi connectivity index (χ4n) is 2.96. The van der Waals surface area contributed by atoms with E-state index >= 15 is 0 Å². The van der Waals surface area contributed by atoms with Crippen LogP contribution in [0.4, 0.5) is 0 Å². The Hall–Kier alpha value is -3.72. The van der Waals surface area contributed by atoms with Gasteiger partial charge >= 0.3 is 11.9 Å². The number of benzene rings is 2. The fraction of sp³-hybridized carbons (Fsp3) is 0.273. The van der Waals surface area contributed by atoms with Crippen LogP contribution in [0.15, 0.2) is 36.4 Å². The van der Waals surface area contributed by atoms with Gasteiger partial charge in [-0.15, -0.1) is 0 Å². The molecule has 9 heteroatoms. The smallest absolute Gasteiger partial charge is 0.331 e. The van der Waals surface area contributed by atoms with Gasteiger partial charge in [-0.2, -0.15) is 0 Å². The number of ether oxygens (including phenoxy) is 5. The van der Waals surface area contributed by atoms with Gasteiger partial charge in [0.25, 0.3) is 0 Å². The van der Waals surface area contributed by atoms with E-state index < -0.39 is 11.9 Å². The number of hydrogen-bond acceptors (Lipinski definition) is 8.